The number of carbonyl (C=O) groups excluding carboxylic acids is 5. The van der Waals surface area contributed by atoms with E-state index in [1.807, 2.05) is 0 Å². The first-order valence-electron chi connectivity index (χ1n) is 11.0. The summed E-state index contributed by atoms with van der Waals surface area (Å²) in [4.78, 5) is 65.4. The van der Waals surface area contributed by atoms with Gasteiger partial charge in [0.1, 0.15) is 11.7 Å². The Morgan fingerprint density at radius 3 is 2.74 bits per heavy atom. The van der Waals surface area contributed by atoms with Gasteiger partial charge in [-0.3, -0.25) is 19.2 Å². The lowest BCUT2D eigenvalue weighted by atomic mass is 9.79. The summed E-state index contributed by atoms with van der Waals surface area (Å²) in [7, 11) is 0. The number of nitrogens with zero attached hydrogens (tertiary/aromatic N) is 4. The van der Waals surface area contributed by atoms with E-state index in [1.165, 1.54) is 16.7 Å². The van der Waals surface area contributed by atoms with Gasteiger partial charge in [0.25, 0.3) is 17.7 Å². The monoisotopic (exact) mass is 465 g/mol. The highest BCUT2D eigenvalue weighted by Crippen LogP contribution is 2.47. The third-order valence-corrected chi connectivity index (χ3v) is 6.95. The van der Waals surface area contributed by atoms with Crippen LogP contribution in [-0.4, -0.2) is 64.6 Å². The van der Waals surface area contributed by atoms with Crippen molar-refractivity contribution in [2.24, 2.45) is 11.7 Å². The van der Waals surface area contributed by atoms with E-state index >= 15 is 0 Å². The van der Waals surface area contributed by atoms with Gasteiger partial charge >= 0.3 is 0 Å². The van der Waals surface area contributed by atoms with E-state index in [0.29, 0.717) is 42.8 Å². The summed E-state index contributed by atoms with van der Waals surface area (Å²) in [5.74, 6) is -3.02. The maximum Gasteiger partial charge on any atom is 0.283 e. The number of hydrogen-bond donors (Lipinski definition) is 1. The number of anilines is 1. The average Bonchev–Trinajstić information content (AvgIpc) is 3.31. The minimum atomic E-state index is -1.48. The van der Waals surface area contributed by atoms with Crippen LogP contribution in [0.3, 0.4) is 0 Å². The van der Waals surface area contributed by atoms with Crippen LogP contribution < -0.4 is 20.3 Å². The molecular weight excluding hydrogens is 442 g/mol. The van der Waals surface area contributed by atoms with Crippen molar-refractivity contribution in [3.63, 3.8) is 0 Å². The molecule has 34 heavy (non-hydrogen) atoms. The van der Waals surface area contributed by atoms with Gasteiger partial charge in [-0.2, -0.15) is 4.57 Å². The highest BCUT2D eigenvalue weighted by atomic mass is 16.4. The fourth-order valence-electron chi connectivity index (χ4n) is 5.57. The molecule has 4 aliphatic heterocycles. The Kier molecular flexibility index (Phi) is 4.99. The first kappa shape index (κ1) is 21.8. The molecule has 5 heterocycles. The van der Waals surface area contributed by atoms with Gasteiger partial charge in [0.2, 0.25) is 12.5 Å². The summed E-state index contributed by atoms with van der Waals surface area (Å²) >= 11 is 0. The van der Waals surface area contributed by atoms with Crippen molar-refractivity contribution in [2.45, 2.75) is 38.4 Å². The SMILES string of the molecule is CC(=O)N1CC2CC(/C=C3\CCN(c4ccc[n+](CC(N)=O)c4)C3=O)=C(C(=O)[O-])N3C(=O)C1[C@@H]23. The van der Waals surface area contributed by atoms with E-state index in [1.54, 1.807) is 40.1 Å². The molecule has 0 aliphatic carbocycles. The Labute approximate surface area is 194 Å². The van der Waals surface area contributed by atoms with Gasteiger partial charge in [-0.25, -0.2) is 0 Å². The summed E-state index contributed by atoms with van der Waals surface area (Å²) in [6.07, 6.45) is 5.60. The number of β-lactam (4-membered cyclic amide) rings is 1. The van der Waals surface area contributed by atoms with Gasteiger partial charge in [0, 0.05) is 37.6 Å². The average molecular weight is 465 g/mol. The molecule has 176 valence electrons. The molecule has 1 aromatic heterocycles. The molecule has 3 atom stereocenters. The van der Waals surface area contributed by atoms with Gasteiger partial charge in [0.05, 0.1) is 17.7 Å². The van der Waals surface area contributed by atoms with E-state index in [4.69, 9.17) is 5.73 Å². The summed E-state index contributed by atoms with van der Waals surface area (Å²) in [5, 5.41) is 12.0. The molecule has 0 saturated carbocycles. The Hall–Kier alpha value is -4.02. The van der Waals surface area contributed by atoms with Crippen LogP contribution in [-0.2, 0) is 30.5 Å². The lowest BCUT2D eigenvalue weighted by molar-refractivity contribution is -0.683. The topological polar surface area (TPSA) is 148 Å². The number of nitrogens with two attached hydrogens (primary N) is 1. The van der Waals surface area contributed by atoms with E-state index in [2.05, 4.69) is 0 Å². The van der Waals surface area contributed by atoms with Crippen molar-refractivity contribution < 1.29 is 33.6 Å². The number of hydrogen-bond acceptors (Lipinski definition) is 6. The largest absolute Gasteiger partial charge is 0.543 e. The van der Waals surface area contributed by atoms with Gasteiger partial charge in [-0.15, -0.1) is 0 Å². The van der Waals surface area contributed by atoms with Crippen molar-refractivity contribution in [1.29, 1.82) is 0 Å². The zero-order valence-electron chi connectivity index (χ0n) is 18.5. The second-order valence-electron chi connectivity index (χ2n) is 9.02. The second-order valence-corrected chi connectivity index (χ2v) is 9.02. The number of pyridine rings is 1. The fourth-order valence-corrected chi connectivity index (χ4v) is 5.57. The molecule has 0 spiro atoms. The molecule has 2 N–H and O–H groups in total. The van der Waals surface area contributed by atoms with Crippen molar-refractivity contribution in [3.8, 4) is 0 Å². The number of aromatic nitrogens is 1. The smallest absolute Gasteiger partial charge is 0.283 e. The summed E-state index contributed by atoms with van der Waals surface area (Å²) < 4.78 is 1.58. The second kappa shape index (κ2) is 7.79. The van der Waals surface area contributed by atoms with Crippen LogP contribution in [0.25, 0.3) is 0 Å². The Morgan fingerprint density at radius 1 is 1.29 bits per heavy atom. The van der Waals surface area contributed by atoms with Crippen LogP contribution in [0, 0.1) is 5.92 Å². The van der Waals surface area contributed by atoms with Crippen molar-refractivity contribution in [3.05, 3.63) is 47.4 Å². The summed E-state index contributed by atoms with van der Waals surface area (Å²) in [5.41, 5.74) is 6.40. The quantitative estimate of drug-likeness (QED) is 0.291. The molecule has 11 nitrogen and oxygen atoms in total. The molecule has 3 saturated heterocycles. The lowest BCUT2D eigenvalue weighted by Gasteiger charge is -2.51. The molecule has 1 aromatic rings. The maximum atomic E-state index is 13.2. The molecule has 4 amide bonds. The fraction of sp³-hybridized carbons (Fsp3) is 0.391. The molecule has 3 fully saturated rings. The Balaban J connectivity index is 1.44. The van der Waals surface area contributed by atoms with E-state index in [-0.39, 0.29) is 36.0 Å². The molecule has 0 radical (unpaired) electrons. The maximum absolute atomic E-state index is 13.2. The molecule has 0 aromatic carbocycles. The van der Waals surface area contributed by atoms with Crippen LogP contribution in [0.5, 0.6) is 0 Å². The van der Waals surface area contributed by atoms with Crippen LogP contribution in [0.2, 0.25) is 0 Å². The van der Waals surface area contributed by atoms with Gasteiger partial charge < -0.3 is 30.3 Å². The Morgan fingerprint density at radius 2 is 2.06 bits per heavy atom. The minimum Gasteiger partial charge on any atom is -0.543 e. The lowest BCUT2D eigenvalue weighted by Crippen LogP contribution is -2.69. The third-order valence-electron chi connectivity index (χ3n) is 6.95. The molecule has 0 bridgehead atoms. The first-order chi connectivity index (χ1) is 16.2. The molecule has 5 rings (SSSR count). The predicted octanol–water partition coefficient (Wildman–Crippen LogP) is -2.41. The van der Waals surface area contributed by atoms with Crippen molar-refractivity contribution in [1.82, 2.24) is 9.80 Å². The molecular formula is C23H23N5O6. The third kappa shape index (κ3) is 3.27. The summed E-state index contributed by atoms with van der Waals surface area (Å²) in [6.45, 7) is 2.12. The van der Waals surface area contributed by atoms with Gasteiger partial charge in [0.15, 0.2) is 12.4 Å². The number of allylic oxidation sites excluding steroid dienone is 2. The zero-order chi connectivity index (χ0) is 24.3. The standard InChI is InChI=1S/C23H23N5O6/c1-12(29)27-9-15-8-14(19(23(33)34)28-18(15)20(27)22(28)32)7-13-4-6-26(21(13)31)16-3-2-5-25(10-16)11-17(24)30/h2-3,5,7,10,15,18,20H,4,6,8-9,11H2,1H3,(H2-,24,30,33,34)/b13-7+/t15?,18-,20?/m1/s1. The highest BCUT2D eigenvalue weighted by molar-refractivity contribution is 6.08. The number of carboxylic acid groups (broad SMARTS) is 1. The molecule has 11 heteroatoms. The molecule has 4 aliphatic rings. The highest BCUT2D eigenvalue weighted by Gasteiger charge is 2.62. The van der Waals surface area contributed by atoms with Crippen LogP contribution in [0.15, 0.2) is 47.4 Å². The van der Waals surface area contributed by atoms with Crippen LogP contribution >= 0.6 is 0 Å². The van der Waals surface area contributed by atoms with Gasteiger partial charge in [-0.05, 0) is 30.6 Å². The number of aliphatic carboxylic acids is 1. The Bertz CT molecular complexity index is 1220. The summed E-state index contributed by atoms with van der Waals surface area (Å²) in [6, 6.07) is 2.45. The number of carbonyl (C=O) groups is 5. The number of primary amides is 1. The van der Waals surface area contributed by atoms with Gasteiger partial charge in [-0.1, -0.05) is 0 Å². The molecule has 2 unspecified atom stereocenters. The minimum absolute atomic E-state index is 0.0227. The first-order valence-corrected chi connectivity index (χ1v) is 11.0. The normalized spacial score (nSPS) is 26.8. The van der Waals surface area contributed by atoms with E-state index in [9.17, 15) is 29.1 Å². The number of likely N-dealkylation sites (tertiary alicyclic amines) is 1. The number of carboxylic acids is 1. The number of amides is 4. The van der Waals surface area contributed by atoms with Crippen molar-refractivity contribution in [2.75, 3.05) is 18.0 Å². The van der Waals surface area contributed by atoms with Crippen molar-refractivity contribution >= 4 is 35.3 Å². The zero-order valence-corrected chi connectivity index (χ0v) is 18.5. The predicted molar refractivity (Wildman–Crippen MR) is 113 cm³/mol. The van der Waals surface area contributed by atoms with Crippen LogP contribution in [0.4, 0.5) is 5.69 Å². The number of rotatable bonds is 5. The van der Waals surface area contributed by atoms with E-state index in [0.717, 1.165) is 0 Å². The van der Waals surface area contributed by atoms with Crippen LogP contribution in [0.1, 0.15) is 19.8 Å². The van der Waals surface area contributed by atoms with E-state index < -0.39 is 23.8 Å².